The van der Waals surface area contributed by atoms with Gasteiger partial charge in [-0.25, -0.2) is 4.98 Å². The van der Waals surface area contributed by atoms with Gasteiger partial charge in [-0.05, 0) is 25.3 Å². The fourth-order valence-corrected chi connectivity index (χ4v) is 4.98. The maximum Gasteiger partial charge on any atom is 0.229 e. The Labute approximate surface area is 164 Å². The Bertz CT molecular complexity index is 761. The number of thiazole rings is 1. The van der Waals surface area contributed by atoms with Crippen molar-refractivity contribution in [1.29, 1.82) is 0 Å². The summed E-state index contributed by atoms with van der Waals surface area (Å²) in [5.41, 5.74) is 2.37. The van der Waals surface area contributed by atoms with Crippen LogP contribution in [0.3, 0.4) is 0 Å². The summed E-state index contributed by atoms with van der Waals surface area (Å²) in [6.07, 6.45) is 1.82. The fourth-order valence-electron chi connectivity index (χ4n) is 4.26. The van der Waals surface area contributed by atoms with Crippen LogP contribution in [0.15, 0.2) is 35.7 Å². The molecule has 0 aliphatic carbocycles. The molecule has 2 aromatic rings. The Kier molecular flexibility index (Phi) is 5.57. The molecule has 1 amide bonds. The summed E-state index contributed by atoms with van der Waals surface area (Å²) in [7, 11) is 0. The minimum Gasteiger partial charge on any atom is -0.379 e. The van der Waals surface area contributed by atoms with Crippen LogP contribution in [-0.2, 0) is 14.9 Å². The molecule has 1 atom stereocenters. The molecule has 2 saturated heterocycles. The quantitative estimate of drug-likeness (QED) is 0.882. The predicted molar refractivity (Wildman–Crippen MR) is 107 cm³/mol. The lowest BCUT2D eigenvalue weighted by atomic mass is 9.70. The van der Waals surface area contributed by atoms with Crippen LogP contribution in [0.1, 0.15) is 29.1 Å². The Morgan fingerprint density at radius 3 is 2.78 bits per heavy atom. The number of hydrogen-bond donors (Lipinski definition) is 1. The third kappa shape index (κ3) is 3.79. The first kappa shape index (κ1) is 18.6. The SMILES string of the molecule is Cc1nc(C2(c3ccccc3)CCN(C(=O)C3CNCCOC3)CC2)cs1. The first-order chi connectivity index (χ1) is 13.2. The summed E-state index contributed by atoms with van der Waals surface area (Å²) in [5, 5.41) is 6.60. The van der Waals surface area contributed by atoms with Gasteiger partial charge in [0.15, 0.2) is 0 Å². The van der Waals surface area contributed by atoms with Crippen LogP contribution < -0.4 is 5.32 Å². The molecule has 27 heavy (non-hydrogen) atoms. The standard InChI is InChI=1S/C21H27N3O2S/c1-16-23-19(15-27-16)21(18-5-3-2-4-6-18)7-10-24(11-8-21)20(25)17-13-22-9-12-26-14-17/h2-6,15,17,22H,7-14H2,1H3. The van der Waals surface area contributed by atoms with Gasteiger partial charge in [0.25, 0.3) is 0 Å². The van der Waals surface area contributed by atoms with E-state index < -0.39 is 0 Å². The van der Waals surface area contributed by atoms with Gasteiger partial charge < -0.3 is 15.0 Å². The van der Waals surface area contributed by atoms with Crippen LogP contribution >= 0.6 is 11.3 Å². The molecule has 144 valence electrons. The number of benzene rings is 1. The fraction of sp³-hybridized carbons (Fsp3) is 0.524. The van der Waals surface area contributed by atoms with Gasteiger partial charge in [-0.1, -0.05) is 30.3 Å². The van der Waals surface area contributed by atoms with E-state index >= 15 is 0 Å². The lowest BCUT2D eigenvalue weighted by molar-refractivity contribution is -0.138. The van der Waals surface area contributed by atoms with Crippen molar-refractivity contribution in [2.24, 2.45) is 5.92 Å². The molecule has 1 aromatic carbocycles. The number of amides is 1. The topological polar surface area (TPSA) is 54.5 Å². The highest BCUT2D eigenvalue weighted by molar-refractivity contribution is 7.09. The van der Waals surface area contributed by atoms with E-state index in [2.05, 4.69) is 48.0 Å². The van der Waals surface area contributed by atoms with Gasteiger partial charge in [0.05, 0.1) is 29.8 Å². The maximum atomic E-state index is 13.0. The summed E-state index contributed by atoms with van der Waals surface area (Å²) in [5.74, 6) is 0.152. The zero-order valence-corrected chi connectivity index (χ0v) is 16.6. The maximum absolute atomic E-state index is 13.0. The monoisotopic (exact) mass is 385 g/mol. The van der Waals surface area contributed by atoms with Gasteiger partial charge in [0.1, 0.15) is 0 Å². The van der Waals surface area contributed by atoms with Crippen molar-refractivity contribution in [3.05, 3.63) is 52.0 Å². The first-order valence-electron chi connectivity index (χ1n) is 9.74. The predicted octanol–water partition coefficient (Wildman–Crippen LogP) is 2.60. The van der Waals surface area contributed by atoms with Crippen LogP contribution in [0.25, 0.3) is 0 Å². The van der Waals surface area contributed by atoms with Crippen LogP contribution in [0, 0.1) is 12.8 Å². The van der Waals surface area contributed by atoms with Gasteiger partial charge in [-0.3, -0.25) is 4.79 Å². The largest absolute Gasteiger partial charge is 0.379 e. The van der Waals surface area contributed by atoms with Crippen molar-refractivity contribution >= 4 is 17.2 Å². The zero-order chi connectivity index (χ0) is 18.7. The van der Waals surface area contributed by atoms with E-state index in [-0.39, 0.29) is 17.2 Å². The molecule has 2 aliphatic rings. The average Bonchev–Trinajstić information content (AvgIpc) is 2.98. The molecule has 1 aromatic heterocycles. The molecule has 2 aliphatic heterocycles. The molecule has 0 spiro atoms. The molecule has 0 radical (unpaired) electrons. The summed E-state index contributed by atoms with van der Waals surface area (Å²) < 4.78 is 5.58. The van der Waals surface area contributed by atoms with Crippen molar-refractivity contribution in [2.75, 3.05) is 39.4 Å². The van der Waals surface area contributed by atoms with Crippen molar-refractivity contribution in [2.45, 2.75) is 25.2 Å². The molecule has 0 saturated carbocycles. The van der Waals surface area contributed by atoms with Gasteiger partial charge in [0.2, 0.25) is 5.91 Å². The molecule has 0 bridgehead atoms. The van der Waals surface area contributed by atoms with Crippen molar-refractivity contribution in [3.63, 3.8) is 0 Å². The van der Waals surface area contributed by atoms with E-state index in [1.54, 1.807) is 11.3 Å². The number of piperidine rings is 1. The van der Waals surface area contributed by atoms with Crippen molar-refractivity contribution in [3.8, 4) is 0 Å². The zero-order valence-electron chi connectivity index (χ0n) is 15.8. The Balaban J connectivity index is 1.54. The average molecular weight is 386 g/mol. The minimum absolute atomic E-state index is 0.0711. The third-order valence-electron chi connectivity index (χ3n) is 5.85. The lowest BCUT2D eigenvalue weighted by Crippen LogP contribution is -2.49. The molecule has 1 unspecified atom stereocenters. The van der Waals surface area contributed by atoms with Gasteiger partial charge in [-0.2, -0.15) is 0 Å². The van der Waals surface area contributed by atoms with E-state index in [0.29, 0.717) is 19.8 Å². The number of ether oxygens (including phenoxy) is 1. The molecule has 4 rings (SSSR count). The number of carbonyl (C=O) groups excluding carboxylic acids is 1. The van der Waals surface area contributed by atoms with Crippen LogP contribution in [0.2, 0.25) is 0 Å². The lowest BCUT2D eigenvalue weighted by Gasteiger charge is -2.42. The van der Waals surface area contributed by atoms with Crippen LogP contribution in [-0.4, -0.2) is 55.2 Å². The Morgan fingerprint density at radius 2 is 2.07 bits per heavy atom. The summed E-state index contributed by atoms with van der Waals surface area (Å²) in [4.78, 5) is 19.9. The second kappa shape index (κ2) is 8.09. The van der Waals surface area contributed by atoms with Crippen molar-refractivity contribution in [1.82, 2.24) is 15.2 Å². The first-order valence-corrected chi connectivity index (χ1v) is 10.6. The normalized spacial score (nSPS) is 23.0. The van der Waals surface area contributed by atoms with E-state index in [0.717, 1.165) is 43.2 Å². The van der Waals surface area contributed by atoms with Gasteiger partial charge in [-0.15, -0.1) is 11.3 Å². The van der Waals surface area contributed by atoms with Gasteiger partial charge in [0, 0.05) is 37.0 Å². The number of likely N-dealkylation sites (tertiary alicyclic amines) is 1. The highest BCUT2D eigenvalue weighted by Crippen LogP contribution is 2.42. The number of hydrogen-bond acceptors (Lipinski definition) is 5. The van der Waals surface area contributed by atoms with Crippen LogP contribution in [0.5, 0.6) is 0 Å². The van der Waals surface area contributed by atoms with Crippen LogP contribution in [0.4, 0.5) is 0 Å². The van der Waals surface area contributed by atoms with E-state index in [9.17, 15) is 4.79 Å². The molecule has 5 nitrogen and oxygen atoms in total. The summed E-state index contributed by atoms with van der Waals surface area (Å²) in [6.45, 7) is 6.34. The molecule has 1 N–H and O–H groups in total. The third-order valence-corrected chi connectivity index (χ3v) is 6.62. The summed E-state index contributed by atoms with van der Waals surface area (Å²) in [6, 6.07) is 10.7. The molecular weight excluding hydrogens is 358 g/mol. The Morgan fingerprint density at radius 1 is 1.30 bits per heavy atom. The van der Waals surface area contributed by atoms with Gasteiger partial charge >= 0.3 is 0 Å². The van der Waals surface area contributed by atoms with E-state index in [1.807, 2.05) is 4.90 Å². The number of nitrogens with zero attached hydrogens (tertiary/aromatic N) is 2. The molecule has 3 heterocycles. The van der Waals surface area contributed by atoms with E-state index in [1.165, 1.54) is 5.56 Å². The second-order valence-electron chi connectivity index (χ2n) is 7.50. The number of rotatable bonds is 3. The second-order valence-corrected chi connectivity index (χ2v) is 8.56. The minimum atomic E-state index is -0.0962. The number of carbonyl (C=O) groups is 1. The number of aromatic nitrogens is 1. The highest BCUT2D eigenvalue weighted by atomic mass is 32.1. The van der Waals surface area contributed by atoms with Crippen molar-refractivity contribution < 1.29 is 9.53 Å². The summed E-state index contributed by atoms with van der Waals surface area (Å²) >= 11 is 1.71. The number of nitrogens with one attached hydrogen (secondary N) is 1. The highest BCUT2D eigenvalue weighted by Gasteiger charge is 2.41. The van der Waals surface area contributed by atoms with E-state index in [4.69, 9.17) is 9.72 Å². The smallest absolute Gasteiger partial charge is 0.229 e. The molecular formula is C21H27N3O2S. The molecule has 6 heteroatoms. The Hall–Kier alpha value is -1.76. The molecule has 2 fully saturated rings. The number of aryl methyl sites for hydroxylation is 1.